The summed E-state index contributed by atoms with van der Waals surface area (Å²) in [5.41, 5.74) is 3.83. The molecular weight excluding hydrogens is 302 g/mol. The zero-order chi connectivity index (χ0) is 16.4. The summed E-state index contributed by atoms with van der Waals surface area (Å²) >= 11 is 0. The van der Waals surface area contributed by atoms with Crippen LogP contribution >= 0.6 is 0 Å². The highest BCUT2D eigenvalue weighted by Crippen LogP contribution is 2.35. The van der Waals surface area contributed by atoms with Gasteiger partial charge in [0.25, 0.3) is 0 Å². The topological polar surface area (TPSA) is 47.4 Å². The van der Waals surface area contributed by atoms with Crippen LogP contribution in [0.3, 0.4) is 0 Å². The van der Waals surface area contributed by atoms with Gasteiger partial charge in [-0.2, -0.15) is 5.10 Å². The van der Waals surface area contributed by atoms with E-state index in [1.165, 1.54) is 24.1 Å². The molecule has 1 aliphatic carbocycles. The highest BCUT2D eigenvalue weighted by molar-refractivity contribution is 5.77. The molecule has 24 heavy (non-hydrogen) atoms. The summed E-state index contributed by atoms with van der Waals surface area (Å²) in [5, 5.41) is 4.64. The van der Waals surface area contributed by atoms with E-state index in [9.17, 15) is 4.79 Å². The summed E-state index contributed by atoms with van der Waals surface area (Å²) < 4.78 is 7.29. The summed E-state index contributed by atoms with van der Waals surface area (Å²) in [6, 6.07) is 10.3. The Hall–Kier alpha value is -2.14. The lowest BCUT2D eigenvalue weighted by Gasteiger charge is -2.30. The fraction of sp³-hybridized carbons (Fsp3) is 0.474. The molecule has 1 atom stereocenters. The van der Waals surface area contributed by atoms with E-state index < -0.39 is 0 Å². The van der Waals surface area contributed by atoms with Crippen LogP contribution in [-0.2, 0) is 16.0 Å². The second-order valence-electron chi connectivity index (χ2n) is 6.61. The van der Waals surface area contributed by atoms with Crippen molar-refractivity contribution in [3.63, 3.8) is 0 Å². The molecule has 5 heteroatoms. The first kappa shape index (κ1) is 15.4. The average molecular weight is 325 g/mol. The SMILES string of the molecule is O=C1COCCN1CC[C@H]1CCCc2c1cnn2-c1ccccc1. The number of benzene rings is 1. The molecule has 0 spiro atoms. The molecule has 126 valence electrons. The molecule has 0 N–H and O–H groups in total. The highest BCUT2D eigenvalue weighted by Gasteiger charge is 2.26. The van der Waals surface area contributed by atoms with Gasteiger partial charge in [-0.25, -0.2) is 4.68 Å². The van der Waals surface area contributed by atoms with Crippen LogP contribution in [0.2, 0.25) is 0 Å². The van der Waals surface area contributed by atoms with Crippen LogP contribution in [0.4, 0.5) is 0 Å². The van der Waals surface area contributed by atoms with Crippen molar-refractivity contribution in [3.8, 4) is 5.69 Å². The van der Waals surface area contributed by atoms with Crippen molar-refractivity contribution in [3.05, 3.63) is 47.8 Å². The van der Waals surface area contributed by atoms with Crippen molar-refractivity contribution in [2.45, 2.75) is 31.6 Å². The molecule has 0 unspecified atom stereocenters. The Morgan fingerprint density at radius 2 is 2.12 bits per heavy atom. The normalized spacial score (nSPS) is 20.9. The van der Waals surface area contributed by atoms with Crippen LogP contribution in [0.25, 0.3) is 5.69 Å². The Morgan fingerprint density at radius 3 is 2.96 bits per heavy atom. The highest BCUT2D eigenvalue weighted by atomic mass is 16.5. The second-order valence-corrected chi connectivity index (χ2v) is 6.61. The van der Waals surface area contributed by atoms with Gasteiger partial charge in [-0.05, 0) is 49.3 Å². The Labute approximate surface area is 142 Å². The minimum Gasteiger partial charge on any atom is -0.370 e. The van der Waals surface area contributed by atoms with Gasteiger partial charge in [0.05, 0.1) is 18.5 Å². The molecule has 1 aliphatic heterocycles. The number of carbonyl (C=O) groups is 1. The number of aromatic nitrogens is 2. The molecular formula is C19H23N3O2. The maximum Gasteiger partial charge on any atom is 0.248 e. The number of hydrogen-bond donors (Lipinski definition) is 0. The molecule has 5 nitrogen and oxygen atoms in total. The first-order chi connectivity index (χ1) is 11.8. The number of morpholine rings is 1. The van der Waals surface area contributed by atoms with E-state index in [2.05, 4.69) is 21.9 Å². The molecule has 4 rings (SSSR count). The van der Waals surface area contributed by atoms with Crippen LogP contribution in [-0.4, -0.2) is 46.9 Å². The fourth-order valence-electron chi connectivity index (χ4n) is 3.84. The van der Waals surface area contributed by atoms with Crippen molar-refractivity contribution < 1.29 is 9.53 Å². The van der Waals surface area contributed by atoms with Crippen LogP contribution in [0.5, 0.6) is 0 Å². The third-order valence-corrected chi connectivity index (χ3v) is 5.14. The van der Waals surface area contributed by atoms with Gasteiger partial charge < -0.3 is 9.64 Å². The fourth-order valence-corrected chi connectivity index (χ4v) is 3.84. The smallest absolute Gasteiger partial charge is 0.248 e. The van der Waals surface area contributed by atoms with Crippen LogP contribution < -0.4 is 0 Å². The van der Waals surface area contributed by atoms with E-state index in [0.717, 1.165) is 31.6 Å². The van der Waals surface area contributed by atoms with Crippen molar-refractivity contribution in [2.24, 2.45) is 0 Å². The zero-order valence-electron chi connectivity index (χ0n) is 13.9. The van der Waals surface area contributed by atoms with Gasteiger partial charge in [0.1, 0.15) is 6.61 Å². The molecule has 1 aromatic heterocycles. The first-order valence-corrected chi connectivity index (χ1v) is 8.80. The van der Waals surface area contributed by atoms with Crippen LogP contribution in [0.1, 0.15) is 36.4 Å². The summed E-state index contributed by atoms with van der Waals surface area (Å²) in [4.78, 5) is 13.8. The molecule has 1 amide bonds. The molecule has 1 fully saturated rings. The van der Waals surface area contributed by atoms with Crippen molar-refractivity contribution in [1.82, 2.24) is 14.7 Å². The maximum absolute atomic E-state index is 11.9. The van der Waals surface area contributed by atoms with E-state index in [0.29, 0.717) is 12.5 Å². The molecule has 0 saturated carbocycles. The van der Waals surface area contributed by atoms with Crippen molar-refractivity contribution >= 4 is 5.91 Å². The quantitative estimate of drug-likeness (QED) is 0.868. The molecule has 1 aromatic carbocycles. The third kappa shape index (κ3) is 2.96. The number of fused-ring (bicyclic) bond motifs is 1. The lowest BCUT2D eigenvalue weighted by molar-refractivity contribution is -0.142. The Balaban J connectivity index is 1.50. The van der Waals surface area contributed by atoms with Crippen LogP contribution in [0, 0.1) is 0 Å². The summed E-state index contributed by atoms with van der Waals surface area (Å²) in [6.45, 7) is 2.44. The third-order valence-electron chi connectivity index (χ3n) is 5.14. The first-order valence-electron chi connectivity index (χ1n) is 8.80. The monoisotopic (exact) mass is 325 g/mol. The lowest BCUT2D eigenvalue weighted by atomic mass is 9.84. The number of para-hydroxylation sites is 1. The van der Waals surface area contributed by atoms with E-state index in [-0.39, 0.29) is 12.5 Å². The Kier molecular flexibility index (Phi) is 4.34. The minimum atomic E-state index is 0.122. The molecule has 0 bridgehead atoms. The summed E-state index contributed by atoms with van der Waals surface area (Å²) in [6.07, 6.45) is 6.50. The van der Waals surface area contributed by atoms with Gasteiger partial charge in [-0.1, -0.05) is 18.2 Å². The summed E-state index contributed by atoms with van der Waals surface area (Å²) in [5.74, 6) is 0.624. The predicted molar refractivity (Wildman–Crippen MR) is 91.3 cm³/mol. The molecule has 1 saturated heterocycles. The van der Waals surface area contributed by atoms with E-state index in [1.54, 1.807) is 0 Å². The summed E-state index contributed by atoms with van der Waals surface area (Å²) in [7, 11) is 0. The van der Waals surface area contributed by atoms with Crippen molar-refractivity contribution in [1.29, 1.82) is 0 Å². The predicted octanol–water partition coefficient (Wildman–Crippen LogP) is 2.54. The van der Waals surface area contributed by atoms with Gasteiger partial charge in [-0.15, -0.1) is 0 Å². The molecule has 0 radical (unpaired) electrons. The largest absolute Gasteiger partial charge is 0.370 e. The molecule has 2 aliphatic rings. The zero-order valence-corrected chi connectivity index (χ0v) is 13.9. The molecule has 2 aromatic rings. The average Bonchev–Trinajstić information content (AvgIpc) is 3.06. The van der Waals surface area contributed by atoms with Gasteiger partial charge >= 0.3 is 0 Å². The van der Waals surface area contributed by atoms with Gasteiger partial charge in [0.2, 0.25) is 5.91 Å². The number of ether oxygens (including phenoxy) is 1. The number of rotatable bonds is 4. The Morgan fingerprint density at radius 1 is 1.25 bits per heavy atom. The second kappa shape index (κ2) is 6.77. The number of carbonyl (C=O) groups excluding carboxylic acids is 1. The van der Waals surface area contributed by atoms with E-state index >= 15 is 0 Å². The lowest BCUT2D eigenvalue weighted by Crippen LogP contribution is -2.42. The minimum absolute atomic E-state index is 0.122. The maximum atomic E-state index is 11.9. The van der Waals surface area contributed by atoms with E-state index in [1.807, 2.05) is 29.3 Å². The van der Waals surface area contributed by atoms with Crippen molar-refractivity contribution in [2.75, 3.05) is 26.3 Å². The number of hydrogen-bond acceptors (Lipinski definition) is 3. The standard InChI is InChI=1S/C19H23N3O2/c23-19-14-24-12-11-21(19)10-9-15-5-4-8-18-17(15)13-20-22(18)16-6-2-1-3-7-16/h1-3,6-7,13,15H,4-5,8-12,14H2/t15-/m1/s1. The van der Waals surface area contributed by atoms with Crippen LogP contribution in [0.15, 0.2) is 36.5 Å². The number of nitrogens with zero attached hydrogens (tertiary/aromatic N) is 3. The van der Waals surface area contributed by atoms with Gasteiger partial charge in [0, 0.05) is 18.8 Å². The number of amides is 1. The Bertz CT molecular complexity index is 711. The van der Waals surface area contributed by atoms with E-state index in [4.69, 9.17) is 4.74 Å². The van der Waals surface area contributed by atoms with Gasteiger partial charge in [0.15, 0.2) is 0 Å². The molecule has 2 heterocycles. The van der Waals surface area contributed by atoms with Gasteiger partial charge in [-0.3, -0.25) is 4.79 Å².